The summed E-state index contributed by atoms with van der Waals surface area (Å²) in [6.07, 6.45) is 0. The Morgan fingerprint density at radius 1 is 1.00 bits per heavy atom. The third-order valence-corrected chi connectivity index (χ3v) is 3.70. The number of hydrogen-bond donors (Lipinski definition) is 1. The number of phenolic OH excluding ortho intramolecular Hbond substituents is 1. The predicted molar refractivity (Wildman–Crippen MR) is 65.7 cm³/mol. The number of nitrogens with zero attached hydrogens (tertiary/aromatic N) is 1. The van der Waals surface area contributed by atoms with Crippen LogP contribution < -0.4 is 0 Å². The van der Waals surface area contributed by atoms with Gasteiger partial charge in [-0.1, -0.05) is 6.07 Å². The first-order valence-corrected chi connectivity index (χ1v) is 5.65. The molecule has 0 amide bonds. The lowest BCUT2D eigenvalue weighted by Gasteiger charge is -1.92. The molecule has 0 bridgehead atoms. The van der Waals surface area contributed by atoms with Crippen molar-refractivity contribution < 1.29 is 5.11 Å². The smallest absolute Gasteiger partial charge is 0.117 e. The van der Waals surface area contributed by atoms with E-state index in [0.29, 0.717) is 5.56 Å². The maximum atomic E-state index is 9.41. The molecule has 0 saturated heterocycles. The molecule has 0 spiro atoms. The first-order chi connectivity index (χ1) is 7.78. The fourth-order valence-corrected chi connectivity index (χ4v) is 3.01. The number of phenols is 1. The van der Waals surface area contributed by atoms with Gasteiger partial charge in [-0.05, 0) is 30.3 Å². The molecule has 0 radical (unpaired) electrons. The van der Waals surface area contributed by atoms with E-state index < -0.39 is 0 Å². The Morgan fingerprint density at radius 2 is 1.69 bits per heavy atom. The Hall–Kier alpha value is -2.05. The lowest BCUT2D eigenvalue weighted by atomic mass is 10.1. The third kappa shape index (κ3) is 1.24. The first-order valence-electron chi connectivity index (χ1n) is 4.83. The molecule has 1 N–H and O–H groups in total. The van der Waals surface area contributed by atoms with Crippen molar-refractivity contribution in [2.75, 3.05) is 0 Å². The van der Waals surface area contributed by atoms with Gasteiger partial charge in [0.05, 0.1) is 11.6 Å². The molecule has 3 rings (SSSR count). The summed E-state index contributed by atoms with van der Waals surface area (Å²) < 4.78 is 2.13. The predicted octanol–water partition coefficient (Wildman–Crippen LogP) is 3.63. The second-order valence-corrected chi connectivity index (χ2v) is 4.69. The van der Waals surface area contributed by atoms with Crippen LogP contribution in [0.1, 0.15) is 5.56 Å². The number of fused-ring (bicyclic) bond motifs is 3. The van der Waals surface area contributed by atoms with Crippen molar-refractivity contribution >= 4 is 31.5 Å². The zero-order valence-corrected chi connectivity index (χ0v) is 9.08. The van der Waals surface area contributed by atoms with Crippen molar-refractivity contribution in [1.82, 2.24) is 0 Å². The van der Waals surface area contributed by atoms with Crippen LogP contribution in [0.4, 0.5) is 0 Å². The molecule has 1 heterocycles. The van der Waals surface area contributed by atoms with E-state index in [4.69, 9.17) is 5.26 Å². The highest BCUT2D eigenvalue weighted by Crippen LogP contribution is 2.35. The van der Waals surface area contributed by atoms with Crippen LogP contribution in [0.5, 0.6) is 5.75 Å². The van der Waals surface area contributed by atoms with Crippen molar-refractivity contribution in [1.29, 1.82) is 5.26 Å². The highest BCUT2D eigenvalue weighted by molar-refractivity contribution is 7.25. The van der Waals surface area contributed by atoms with E-state index in [1.165, 1.54) is 0 Å². The summed E-state index contributed by atoms with van der Waals surface area (Å²) in [6.45, 7) is 0. The van der Waals surface area contributed by atoms with Gasteiger partial charge in [-0.2, -0.15) is 5.26 Å². The third-order valence-electron chi connectivity index (χ3n) is 2.59. The lowest BCUT2D eigenvalue weighted by molar-refractivity contribution is 0.476. The minimum atomic E-state index is 0.277. The largest absolute Gasteiger partial charge is 0.508 e. The van der Waals surface area contributed by atoms with Gasteiger partial charge in [0.1, 0.15) is 5.75 Å². The maximum Gasteiger partial charge on any atom is 0.117 e. The van der Waals surface area contributed by atoms with Crippen LogP contribution in [0.2, 0.25) is 0 Å². The summed E-state index contributed by atoms with van der Waals surface area (Å²) in [6, 6.07) is 13.2. The van der Waals surface area contributed by atoms with E-state index in [2.05, 4.69) is 6.07 Å². The van der Waals surface area contributed by atoms with Crippen LogP contribution in [-0.4, -0.2) is 5.11 Å². The van der Waals surface area contributed by atoms with Crippen LogP contribution in [0, 0.1) is 11.3 Å². The molecule has 0 saturated carbocycles. The van der Waals surface area contributed by atoms with Crippen LogP contribution in [0.15, 0.2) is 36.4 Å². The molecule has 1 aromatic heterocycles. The van der Waals surface area contributed by atoms with Crippen LogP contribution in [0.3, 0.4) is 0 Å². The molecule has 0 atom stereocenters. The van der Waals surface area contributed by atoms with Gasteiger partial charge in [-0.25, -0.2) is 0 Å². The number of thiophene rings is 1. The highest BCUT2D eigenvalue weighted by atomic mass is 32.1. The number of nitriles is 1. The highest BCUT2D eigenvalue weighted by Gasteiger charge is 2.05. The van der Waals surface area contributed by atoms with Crippen molar-refractivity contribution in [3.8, 4) is 11.8 Å². The molecule has 2 nitrogen and oxygen atoms in total. The van der Waals surface area contributed by atoms with E-state index >= 15 is 0 Å². The molecule has 0 unspecified atom stereocenters. The van der Waals surface area contributed by atoms with Gasteiger partial charge >= 0.3 is 0 Å². The minimum Gasteiger partial charge on any atom is -0.508 e. The summed E-state index contributed by atoms with van der Waals surface area (Å²) >= 11 is 1.59. The maximum absolute atomic E-state index is 9.41. The Kier molecular flexibility index (Phi) is 1.85. The van der Waals surface area contributed by atoms with Crippen molar-refractivity contribution in [2.24, 2.45) is 0 Å². The fraction of sp³-hybridized carbons (Fsp3) is 0. The first kappa shape index (κ1) is 9.20. The van der Waals surface area contributed by atoms with E-state index in [1.807, 2.05) is 24.3 Å². The van der Waals surface area contributed by atoms with Gasteiger partial charge < -0.3 is 5.11 Å². The number of hydrogen-bond acceptors (Lipinski definition) is 3. The van der Waals surface area contributed by atoms with Gasteiger partial charge in [0, 0.05) is 20.2 Å². The van der Waals surface area contributed by atoms with Crippen molar-refractivity contribution in [3.63, 3.8) is 0 Å². The number of aromatic hydroxyl groups is 1. The summed E-state index contributed by atoms with van der Waals surface area (Å²) in [5.41, 5.74) is 0.670. The summed E-state index contributed by atoms with van der Waals surface area (Å²) in [4.78, 5) is 0. The molecule has 0 fully saturated rings. The molecule has 3 heteroatoms. The Morgan fingerprint density at radius 3 is 2.44 bits per heavy atom. The Balaban J connectivity index is 2.46. The molecule has 2 aromatic carbocycles. The average Bonchev–Trinajstić information content (AvgIpc) is 2.64. The van der Waals surface area contributed by atoms with Crippen LogP contribution in [0.25, 0.3) is 20.2 Å². The second kappa shape index (κ2) is 3.22. The summed E-state index contributed by atoms with van der Waals surface area (Å²) in [5.74, 6) is 0.277. The van der Waals surface area contributed by atoms with E-state index in [0.717, 1.165) is 20.2 Å². The molecule has 0 aliphatic heterocycles. The topological polar surface area (TPSA) is 44.0 Å². The van der Waals surface area contributed by atoms with Crippen LogP contribution >= 0.6 is 11.3 Å². The Labute approximate surface area is 96.0 Å². The number of benzene rings is 2. The van der Waals surface area contributed by atoms with Gasteiger partial charge in [-0.3, -0.25) is 0 Å². The van der Waals surface area contributed by atoms with Gasteiger partial charge in [0.25, 0.3) is 0 Å². The lowest BCUT2D eigenvalue weighted by Crippen LogP contribution is -1.71. The van der Waals surface area contributed by atoms with Crippen LogP contribution in [-0.2, 0) is 0 Å². The molecule has 0 aliphatic carbocycles. The molecular weight excluding hydrogens is 218 g/mol. The van der Waals surface area contributed by atoms with Gasteiger partial charge in [-0.15, -0.1) is 11.3 Å². The van der Waals surface area contributed by atoms with Gasteiger partial charge in [0.2, 0.25) is 0 Å². The molecule has 0 aliphatic rings. The Bertz CT molecular complexity index is 737. The molecule has 76 valence electrons. The zero-order valence-electron chi connectivity index (χ0n) is 8.27. The number of rotatable bonds is 0. The van der Waals surface area contributed by atoms with Crippen molar-refractivity contribution in [2.45, 2.75) is 0 Å². The standard InChI is InChI=1S/C13H7NOS/c14-7-8-1-3-10-11-4-2-9(15)6-13(11)16-12(10)5-8/h1-6,15H. The average molecular weight is 225 g/mol. The van der Waals surface area contributed by atoms with Crippen molar-refractivity contribution in [3.05, 3.63) is 42.0 Å². The molecular formula is C13H7NOS. The summed E-state index contributed by atoms with van der Waals surface area (Å²) in [5, 5.41) is 20.5. The second-order valence-electron chi connectivity index (χ2n) is 3.61. The zero-order chi connectivity index (χ0) is 11.1. The normalized spacial score (nSPS) is 10.7. The van der Waals surface area contributed by atoms with E-state index in [9.17, 15) is 5.11 Å². The minimum absolute atomic E-state index is 0.277. The van der Waals surface area contributed by atoms with E-state index in [-0.39, 0.29) is 5.75 Å². The monoisotopic (exact) mass is 225 g/mol. The quantitative estimate of drug-likeness (QED) is 0.634. The molecule has 3 aromatic rings. The SMILES string of the molecule is N#Cc1ccc2c(c1)sc1cc(O)ccc12. The fourth-order valence-electron chi connectivity index (χ4n) is 1.84. The summed E-state index contributed by atoms with van der Waals surface area (Å²) in [7, 11) is 0. The van der Waals surface area contributed by atoms with E-state index in [1.54, 1.807) is 23.5 Å². The van der Waals surface area contributed by atoms with Gasteiger partial charge in [0.15, 0.2) is 0 Å². The molecule has 16 heavy (non-hydrogen) atoms.